The maximum Gasteiger partial charge on any atom is 0.130 e. The normalized spacial score (nSPS) is 13.1. The van der Waals surface area contributed by atoms with E-state index in [0.29, 0.717) is 23.9 Å². The van der Waals surface area contributed by atoms with E-state index in [1.165, 1.54) is 0 Å². The molecule has 0 aliphatic heterocycles. The van der Waals surface area contributed by atoms with Crippen LogP contribution in [0.5, 0.6) is 0 Å². The number of nitrogens with zero attached hydrogens (tertiary/aromatic N) is 2. The summed E-state index contributed by atoms with van der Waals surface area (Å²) in [4.78, 5) is 0. The minimum absolute atomic E-state index is 0.385. The van der Waals surface area contributed by atoms with Gasteiger partial charge in [0.05, 0.1) is 11.8 Å². The number of aromatic nitrogens is 2. The molecule has 5 heteroatoms. The summed E-state index contributed by atoms with van der Waals surface area (Å²) < 4.78 is 1.63. The quantitative estimate of drug-likeness (QED) is 0.815. The third-order valence-corrected chi connectivity index (χ3v) is 3.12. The number of aliphatic hydroxyl groups excluding tert-OH is 1. The van der Waals surface area contributed by atoms with Crippen LogP contribution in [0.15, 0.2) is 0 Å². The lowest BCUT2D eigenvalue weighted by atomic mass is 10.1. The Morgan fingerprint density at radius 1 is 1.53 bits per heavy atom. The average molecular weight is 251 g/mol. The van der Waals surface area contributed by atoms with Crippen molar-refractivity contribution < 1.29 is 5.11 Å². The molecule has 86 valence electrons. The first-order chi connectivity index (χ1) is 7.06. The van der Waals surface area contributed by atoms with Gasteiger partial charge in [0.2, 0.25) is 0 Å². The highest BCUT2D eigenvalue weighted by molar-refractivity contribution is 6.30. The number of aryl methyl sites for hydroxylation is 2. The van der Waals surface area contributed by atoms with Gasteiger partial charge in [-0.15, -0.1) is 11.6 Å². The summed E-state index contributed by atoms with van der Waals surface area (Å²) in [5, 5.41) is 14.5. The van der Waals surface area contributed by atoms with Crippen molar-refractivity contribution in [2.24, 2.45) is 7.05 Å². The summed E-state index contributed by atoms with van der Waals surface area (Å²) in [6.45, 7) is 1.90. The molecule has 0 aromatic carbocycles. The average Bonchev–Trinajstić information content (AvgIpc) is 2.42. The Kier molecular flexibility index (Phi) is 4.90. The fraction of sp³-hybridized carbons (Fsp3) is 0.700. The van der Waals surface area contributed by atoms with Gasteiger partial charge in [-0.05, 0) is 19.8 Å². The lowest BCUT2D eigenvalue weighted by molar-refractivity contribution is 0.164. The molecule has 0 radical (unpaired) electrons. The molecule has 15 heavy (non-hydrogen) atoms. The van der Waals surface area contributed by atoms with E-state index in [-0.39, 0.29) is 6.10 Å². The van der Waals surface area contributed by atoms with E-state index in [2.05, 4.69) is 5.10 Å². The molecule has 1 aromatic rings. The summed E-state index contributed by atoms with van der Waals surface area (Å²) in [6, 6.07) is 0. The highest BCUT2D eigenvalue weighted by Crippen LogP contribution is 2.21. The molecule has 1 atom stereocenters. The third kappa shape index (κ3) is 3.37. The van der Waals surface area contributed by atoms with Crippen LogP contribution in [0.3, 0.4) is 0 Å². The molecule has 0 saturated carbocycles. The van der Waals surface area contributed by atoms with Gasteiger partial charge in [0.1, 0.15) is 5.15 Å². The van der Waals surface area contributed by atoms with Crippen LogP contribution >= 0.6 is 23.2 Å². The van der Waals surface area contributed by atoms with E-state index in [1.54, 1.807) is 11.7 Å². The molecule has 1 N–H and O–H groups in total. The second-order valence-electron chi connectivity index (χ2n) is 3.67. The largest absolute Gasteiger partial charge is 0.393 e. The van der Waals surface area contributed by atoms with Gasteiger partial charge in [-0.25, -0.2) is 0 Å². The van der Waals surface area contributed by atoms with Gasteiger partial charge < -0.3 is 5.11 Å². The molecule has 0 fully saturated rings. The highest BCUT2D eigenvalue weighted by atomic mass is 35.5. The second kappa shape index (κ2) is 5.73. The van der Waals surface area contributed by atoms with Crippen LogP contribution in [0.2, 0.25) is 5.15 Å². The molecule has 0 bridgehead atoms. The van der Waals surface area contributed by atoms with Crippen LogP contribution in [-0.4, -0.2) is 26.9 Å². The maximum absolute atomic E-state index is 9.74. The molecule has 1 rings (SSSR count). The van der Waals surface area contributed by atoms with Crippen LogP contribution in [0.1, 0.15) is 24.1 Å². The minimum atomic E-state index is -0.385. The molecule has 1 aromatic heterocycles. The first kappa shape index (κ1) is 12.8. The Bertz CT molecular complexity index is 325. The van der Waals surface area contributed by atoms with Crippen LogP contribution in [0.4, 0.5) is 0 Å². The molecular formula is C10H16Cl2N2O. The number of aliphatic hydroxyl groups is 1. The Hall–Kier alpha value is -0.250. The molecule has 3 nitrogen and oxygen atoms in total. The number of halogens is 2. The maximum atomic E-state index is 9.74. The molecule has 0 aliphatic rings. The topological polar surface area (TPSA) is 38.0 Å². The zero-order valence-electron chi connectivity index (χ0n) is 9.00. The van der Waals surface area contributed by atoms with Crippen molar-refractivity contribution in [3.63, 3.8) is 0 Å². The van der Waals surface area contributed by atoms with E-state index in [4.69, 9.17) is 23.2 Å². The monoisotopic (exact) mass is 250 g/mol. The first-order valence-electron chi connectivity index (χ1n) is 4.98. The van der Waals surface area contributed by atoms with E-state index >= 15 is 0 Å². The molecule has 0 amide bonds. The standard InChI is InChI=1S/C10H16Cl2N2O/c1-7-9(10(12)14(2)13-7)6-8(15)4-3-5-11/h8,15H,3-6H2,1-2H3. The van der Waals surface area contributed by atoms with E-state index < -0.39 is 0 Å². The fourth-order valence-electron chi connectivity index (χ4n) is 1.56. The van der Waals surface area contributed by atoms with Crippen molar-refractivity contribution in [1.29, 1.82) is 0 Å². The first-order valence-corrected chi connectivity index (χ1v) is 5.89. The Balaban J connectivity index is 2.63. The van der Waals surface area contributed by atoms with Crippen LogP contribution in [0, 0.1) is 6.92 Å². The number of hydrogen-bond donors (Lipinski definition) is 1. The Morgan fingerprint density at radius 3 is 2.67 bits per heavy atom. The third-order valence-electron chi connectivity index (χ3n) is 2.38. The van der Waals surface area contributed by atoms with Gasteiger partial charge in [0, 0.05) is 24.9 Å². The smallest absolute Gasteiger partial charge is 0.130 e. The van der Waals surface area contributed by atoms with Gasteiger partial charge in [-0.3, -0.25) is 4.68 Å². The molecular weight excluding hydrogens is 235 g/mol. The second-order valence-corrected chi connectivity index (χ2v) is 4.40. The summed E-state index contributed by atoms with van der Waals surface area (Å²) in [6.07, 6.45) is 1.69. The van der Waals surface area contributed by atoms with Crippen LogP contribution in [-0.2, 0) is 13.5 Å². The predicted octanol–water partition coefficient (Wildman–Crippen LogP) is 2.30. The van der Waals surface area contributed by atoms with Crippen LogP contribution < -0.4 is 0 Å². The van der Waals surface area contributed by atoms with Crippen molar-refractivity contribution in [3.8, 4) is 0 Å². The molecule has 0 spiro atoms. The van der Waals surface area contributed by atoms with Gasteiger partial charge in [0.25, 0.3) is 0 Å². The Labute approximate surface area is 100.0 Å². The summed E-state index contributed by atoms with van der Waals surface area (Å²) >= 11 is 11.6. The molecule has 0 aliphatic carbocycles. The van der Waals surface area contributed by atoms with E-state index in [9.17, 15) is 5.11 Å². The lowest BCUT2D eigenvalue weighted by Crippen LogP contribution is -2.11. The number of rotatable bonds is 5. The van der Waals surface area contributed by atoms with Crippen molar-refractivity contribution in [3.05, 3.63) is 16.4 Å². The summed E-state index contributed by atoms with van der Waals surface area (Å²) in [7, 11) is 1.80. The SMILES string of the molecule is Cc1nn(C)c(Cl)c1CC(O)CCCCl. The fourth-order valence-corrected chi connectivity index (χ4v) is 1.96. The number of hydrogen-bond acceptors (Lipinski definition) is 2. The van der Waals surface area contributed by atoms with Gasteiger partial charge in [-0.1, -0.05) is 11.6 Å². The number of alkyl halides is 1. The van der Waals surface area contributed by atoms with E-state index in [0.717, 1.165) is 17.7 Å². The van der Waals surface area contributed by atoms with Crippen molar-refractivity contribution in [1.82, 2.24) is 9.78 Å². The lowest BCUT2D eigenvalue weighted by Gasteiger charge is -2.09. The van der Waals surface area contributed by atoms with Crippen LogP contribution in [0.25, 0.3) is 0 Å². The minimum Gasteiger partial charge on any atom is -0.393 e. The molecule has 1 unspecified atom stereocenters. The van der Waals surface area contributed by atoms with Gasteiger partial charge in [0.15, 0.2) is 0 Å². The van der Waals surface area contributed by atoms with Crippen molar-refractivity contribution in [2.75, 3.05) is 5.88 Å². The summed E-state index contributed by atoms with van der Waals surface area (Å²) in [5.74, 6) is 0.580. The predicted molar refractivity (Wildman–Crippen MR) is 62.6 cm³/mol. The van der Waals surface area contributed by atoms with E-state index in [1.807, 2.05) is 6.92 Å². The molecule has 1 heterocycles. The molecule has 0 saturated heterocycles. The van der Waals surface area contributed by atoms with Crippen molar-refractivity contribution >= 4 is 23.2 Å². The van der Waals surface area contributed by atoms with Gasteiger partial charge in [-0.2, -0.15) is 5.10 Å². The Morgan fingerprint density at radius 2 is 2.20 bits per heavy atom. The zero-order valence-corrected chi connectivity index (χ0v) is 10.5. The summed E-state index contributed by atoms with van der Waals surface area (Å²) in [5.41, 5.74) is 1.81. The van der Waals surface area contributed by atoms with Crippen molar-refractivity contribution in [2.45, 2.75) is 32.3 Å². The van der Waals surface area contributed by atoms with Gasteiger partial charge >= 0.3 is 0 Å². The highest BCUT2D eigenvalue weighted by Gasteiger charge is 2.14. The zero-order chi connectivity index (χ0) is 11.4.